The molecule has 0 aromatic carbocycles. The summed E-state index contributed by atoms with van der Waals surface area (Å²) < 4.78 is 9.36. The minimum Gasteiger partial charge on any atom is -0.469 e. The van der Waals surface area contributed by atoms with Crippen LogP contribution in [0.25, 0.3) is 0 Å². The third-order valence-corrected chi connectivity index (χ3v) is 3.05. The Hall–Kier alpha value is -1.39. The second-order valence-corrected chi connectivity index (χ2v) is 4.18. The lowest BCUT2D eigenvalue weighted by Crippen LogP contribution is -2.19. The molecule has 5 heteroatoms. The minimum atomic E-state index is -0.487. The molecule has 0 saturated heterocycles. The summed E-state index contributed by atoms with van der Waals surface area (Å²) in [6, 6.07) is 0. The van der Waals surface area contributed by atoms with Gasteiger partial charge in [-0.3, -0.25) is 14.4 Å². The second kappa shape index (κ2) is 6.37. The molecule has 1 saturated carbocycles. The van der Waals surface area contributed by atoms with Crippen molar-refractivity contribution in [1.82, 2.24) is 0 Å². The van der Waals surface area contributed by atoms with Gasteiger partial charge in [0.1, 0.15) is 12.2 Å². The number of esters is 2. The molecule has 5 nitrogen and oxygen atoms in total. The Morgan fingerprint density at radius 3 is 2.41 bits per heavy atom. The molecule has 17 heavy (non-hydrogen) atoms. The molecule has 1 aliphatic rings. The minimum absolute atomic E-state index is 0.130. The first-order valence-electron chi connectivity index (χ1n) is 5.84. The normalized spacial score (nSPS) is 23.2. The average molecular weight is 242 g/mol. The number of hydrogen-bond acceptors (Lipinski definition) is 5. The van der Waals surface area contributed by atoms with Crippen molar-refractivity contribution in [2.45, 2.75) is 32.6 Å². The van der Waals surface area contributed by atoms with Gasteiger partial charge in [-0.15, -0.1) is 0 Å². The van der Waals surface area contributed by atoms with Crippen molar-refractivity contribution < 1.29 is 23.9 Å². The van der Waals surface area contributed by atoms with Crippen molar-refractivity contribution in [2.75, 3.05) is 13.7 Å². The number of hydrogen-bond donors (Lipinski definition) is 0. The summed E-state index contributed by atoms with van der Waals surface area (Å²) in [4.78, 5) is 34.2. The Kier molecular flexibility index (Phi) is 5.12. The Labute approximate surface area is 100 Å². The maximum atomic E-state index is 11.7. The predicted molar refractivity (Wildman–Crippen MR) is 59.1 cm³/mol. The van der Waals surface area contributed by atoms with E-state index in [1.807, 2.05) is 0 Å². The van der Waals surface area contributed by atoms with Gasteiger partial charge in [0.25, 0.3) is 0 Å². The zero-order chi connectivity index (χ0) is 12.8. The number of carbonyl (C=O) groups is 3. The van der Waals surface area contributed by atoms with Crippen LogP contribution in [0.3, 0.4) is 0 Å². The fourth-order valence-corrected chi connectivity index (χ4v) is 2.15. The van der Waals surface area contributed by atoms with Gasteiger partial charge in [-0.1, -0.05) is 0 Å². The molecule has 0 spiro atoms. The maximum absolute atomic E-state index is 11.7. The lowest BCUT2D eigenvalue weighted by molar-refractivity contribution is -0.146. The van der Waals surface area contributed by atoms with Crippen LogP contribution in [0.5, 0.6) is 0 Å². The van der Waals surface area contributed by atoms with Gasteiger partial charge in [-0.05, 0) is 26.2 Å². The summed E-state index contributed by atoms with van der Waals surface area (Å²) >= 11 is 0. The van der Waals surface area contributed by atoms with Crippen molar-refractivity contribution in [3.05, 3.63) is 0 Å². The number of carbonyl (C=O) groups excluding carboxylic acids is 3. The highest BCUT2D eigenvalue weighted by Gasteiger charge is 2.34. The number of methoxy groups -OCH3 is 1. The number of ether oxygens (including phenoxy) is 2. The second-order valence-electron chi connectivity index (χ2n) is 4.18. The summed E-state index contributed by atoms with van der Waals surface area (Å²) in [5.41, 5.74) is 0. The largest absolute Gasteiger partial charge is 0.469 e. The van der Waals surface area contributed by atoms with E-state index in [0.717, 1.165) is 0 Å². The Morgan fingerprint density at radius 2 is 1.82 bits per heavy atom. The van der Waals surface area contributed by atoms with Crippen molar-refractivity contribution in [2.24, 2.45) is 11.8 Å². The summed E-state index contributed by atoms with van der Waals surface area (Å²) in [5.74, 6) is -1.29. The molecule has 0 bridgehead atoms. The van der Waals surface area contributed by atoms with Crippen molar-refractivity contribution in [1.29, 1.82) is 0 Å². The summed E-state index contributed by atoms with van der Waals surface area (Å²) in [7, 11) is 1.34. The van der Waals surface area contributed by atoms with Gasteiger partial charge < -0.3 is 9.47 Å². The van der Waals surface area contributed by atoms with E-state index in [9.17, 15) is 14.4 Å². The van der Waals surface area contributed by atoms with Crippen LogP contribution in [0.1, 0.15) is 32.6 Å². The van der Waals surface area contributed by atoms with Gasteiger partial charge in [0.15, 0.2) is 0 Å². The molecule has 2 atom stereocenters. The molecule has 1 fully saturated rings. The molecule has 0 aromatic heterocycles. The average Bonchev–Trinajstić information content (AvgIpc) is 2.77. The van der Waals surface area contributed by atoms with E-state index in [-0.39, 0.29) is 36.6 Å². The zero-order valence-corrected chi connectivity index (χ0v) is 10.2. The number of rotatable bonds is 5. The lowest BCUT2D eigenvalue weighted by Gasteiger charge is -2.08. The molecular formula is C12H18O5. The summed E-state index contributed by atoms with van der Waals surface area (Å²) in [5, 5.41) is 0. The van der Waals surface area contributed by atoms with E-state index in [4.69, 9.17) is 4.74 Å². The van der Waals surface area contributed by atoms with E-state index >= 15 is 0 Å². The fraction of sp³-hybridized carbons (Fsp3) is 0.750. The molecule has 0 aromatic rings. The first-order valence-corrected chi connectivity index (χ1v) is 5.84. The summed E-state index contributed by atoms with van der Waals surface area (Å²) in [6.45, 7) is 1.98. The number of ketones is 1. The molecule has 0 N–H and O–H groups in total. The van der Waals surface area contributed by atoms with E-state index in [1.165, 1.54) is 7.11 Å². The highest BCUT2D eigenvalue weighted by Crippen LogP contribution is 2.32. The van der Waals surface area contributed by atoms with Gasteiger partial charge in [0.05, 0.1) is 19.6 Å². The molecule has 1 aliphatic carbocycles. The predicted octanol–water partition coefficient (Wildman–Crippen LogP) is 1.10. The fourth-order valence-electron chi connectivity index (χ4n) is 2.15. The first-order chi connectivity index (χ1) is 8.08. The van der Waals surface area contributed by atoms with Gasteiger partial charge in [0.2, 0.25) is 0 Å². The topological polar surface area (TPSA) is 69.7 Å². The molecule has 0 heterocycles. The van der Waals surface area contributed by atoms with Gasteiger partial charge in [0, 0.05) is 5.92 Å². The molecule has 0 amide bonds. The standard InChI is InChI=1S/C12H18O5/c1-3-17-11(14)7-10(13)8-4-5-9(6-8)12(15)16-2/h8-9H,3-7H2,1-2H3. The molecule has 1 rings (SSSR count). The van der Waals surface area contributed by atoms with Crippen LogP contribution in [0, 0.1) is 11.8 Å². The van der Waals surface area contributed by atoms with Crippen molar-refractivity contribution in [3.63, 3.8) is 0 Å². The highest BCUT2D eigenvalue weighted by molar-refractivity contribution is 5.97. The van der Waals surface area contributed by atoms with Crippen molar-refractivity contribution >= 4 is 17.7 Å². The van der Waals surface area contributed by atoms with E-state index in [2.05, 4.69) is 4.74 Å². The summed E-state index contributed by atoms with van der Waals surface area (Å²) in [6.07, 6.45) is 1.61. The van der Waals surface area contributed by atoms with Crippen LogP contribution in [0.15, 0.2) is 0 Å². The SMILES string of the molecule is CCOC(=O)CC(=O)C1CCC(C(=O)OC)C1. The molecule has 0 aliphatic heterocycles. The quantitative estimate of drug-likeness (QED) is 0.533. The van der Waals surface area contributed by atoms with Crippen LogP contribution in [-0.4, -0.2) is 31.4 Å². The molecule has 0 radical (unpaired) electrons. The number of Topliss-reactive ketones (excluding diaryl/α,β-unsaturated/α-hetero) is 1. The zero-order valence-electron chi connectivity index (χ0n) is 10.2. The monoisotopic (exact) mass is 242 g/mol. The van der Waals surface area contributed by atoms with E-state index in [0.29, 0.717) is 19.3 Å². The van der Waals surface area contributed by atoms with Crippen LogP contribution in [0.2, 0.25) is 0 Å². The smallest absolute Gasteiger partial charge is 0.313 e. The van der Waals surface area contributed by atoms with Gasteiger partial charge in [-0.25, -0.2) is 0 Å². The van der Waals surface area contributed by atoms with Gasteiger partial charge >= 0.3 is 11.9 Å². The molecule has 96 valence electrons. The molecular weight excluding hydrogens is 224 g/mol. The molecule has 2 unspecified atom stereocenters. The third-order valence-electron chi connectivity index (χ3n) is 3.05. The van der Waals surface area contributed by atoms with Gasteiger partial charge in [-0.2, -0.15) is 0 Å². The van der Waals surface area contributed by atoms with E-state index < -0.39 is 5.97 Å². The first kappa shape index (κ1) is 13.7. The Morgan fingerprint density at radius 1 is 1.18 bits per heavy atom. The van der Waals surface area contributed by atoms with Crippen LogP contribution in [-0.2, 0) is 23.9 Å². The van der Waals surface area contributed by atoms with Crippen LogP contribution >= 0.6 is 0 Å². The maximum Gasteiger partial charge on any atom is 0.313 e. The lowest BCUT2D eigenvalue weighted by atomic mass is 9.98. The highest BCUT2D eigenvalue weighted by atomic mass is 16.5. The Balaban J connectivity index is 2.40. The van der Waals surface area contributed by atoms with Crippen LogP contribution < -0.4 is 0 Å². The Bertz CT molecular complexity index is 310. The van der Waals surface area contributed by atoms with Crippen LogP contribution in [0.4, 0.5) is 0 Å². The van der Waals surface area contributed by atoms with Crippen molar-refractivity contribution in [3.8, 4) is 0 Å². The third kappa shape index (κ3) is 3.84. The van der Waals surface area contributed by atoms with E-state index in [1.54, 1.807) is 6.92 Å².